The van der Waals surface area contributed by atoms with Crippen LogP contribution in [0.2, 0.25) is 0 Å². The number of hydrogen-bond acceptors (Lipinski definition) is 6. The highest BCUT2D eigenvalue weighted by molar-refractivity contribution is 7.15. The van der Waals surface area contributed by atoms with Gasteiger partial charge in [-0.3, -0.25) is 14.9 Å². The molecule has 7 nitrogen and oxygen atoms in total. The number of thiazole rings is 1. The summed E-state index contributed by atoms with van der Waals surface area (Å²) in [6.45, 7) is 3.85. The number of carbonyl (C=O) groups excluding carboxylic acids is 2. The van der Waals surface area contributed by atoms with E-state index in [-0.39, 0.29) is 42.4 Å². The molecule has 5 unspecified atom stereocenters. The Kier molecular flexibility index (Phi) is 7.43. The van der Waals surface area contributed by atoms with E-state index in [1.165, 1.54) is 22.3 Å². The Balaban J connectivity index is 1.74. The fourth-order valence-corrected chi connectivity index (χ4v) is 7.19. The maximum absolute atomic E-state index is 14.2. The molecule has 4 rings (SSSR count). The summed E-state index contributed by atoms with van der Waals surface area (Å²) in [7, 11) is 1.63. The van der Waals surface area contributed by atoms with Crippen LogP contribution in [0.15, 0.2) is 18.2 Å². The van der Waals surface area contributed by atoms with Crippen molar-refractivity contribution in [3.63, 3.8) is 0 Å². The first-order chi connectivity index (χ1) is 17.5. The smallest absolute Gasteiger partial charge is 0.263 e. The van der Waals surface area contributed by atoms with Gasteiger partial charge in [-0.25, -0.2) is 13.8 Å². The number of hydrogen-bond donors (Lipinski definition) is 3. The van der Waals surface area contributed by atoms with Crippen molar-refractivity contribution >= 4 is 28.3 Å². The second-order valence-corrected chi connectivity index (χ2v) is 11.7. The number of fused-ring (bicyclic) bond motifs is 2. The predicted octanol–water partition coefficient (Wildman–Crippen LogP) is 3.57. The van der Waals surface area contributed by atoms with Gasteiger partial charge in [0.05, 0.1) is 24.9 Å². The second kappa shape index (κ2) is 10.1. The summed E-state index contributed by atoms with van der Waals surface area (Å²) in [4.78, 5) is 32.8. The number of aromatic nitrogens is 1. The Bertz CT molecular complexity index is 1240. The van der Waals surface area contributed by atoms with Gasteiger partial charge in [-0.15, -0.1) is 17.8 Å². The van der Waals surface area contributed by atoms with E-state index in [2.05, 4.69) is 23.1 Å². The highest BCUT2D eigenvalue weighted by atomic mass is 32.1. The van der Waals surface area contributed by atoms with Crippen LogP contribution in [0.1, 0.15) is 60.0 Å². The average Bonchev–Trinajstić information content (AvgIpc) is 3.24. The normalized spacial score (nSPS) is 28.5. The lowest BCUT2D eigenvalue weighted by Crippen LogP contribution is -2.57. The SMILES string of the molecule is C#CCN(C)C(=O)CC1c2nc(NC(=O)c3c(F)cccc3F)sc2CC2C(C)(CO)C(O)CCC12C. The summed E-state index contributed by atoms with van der Waals surface area (Å²) in [5.74, 6) is -1.17. The third-order valence-electron chi connectivity index (χ3n) is 8.44. The number of rotatable bonds is 6. The van der Waals surface area contributed by atoms with Gasteiger partial charge < -0.3 is 15.1 Å². The van der Waals surface area contributed by atoms with Crippen molar-refractivity contribution in [1.82, 2.24) is 9.88 Å². The number of halogens is 2. The summed E-state index contributed by atoms with van der Waals surface area (Å²) in [5, 5.41) is 23.9. The van der Waals surface area contributed by atoms with Gasteiger partial charge in [-0.1, -0.05) is 25.8 Å². The lowest BCUT2D eigenvalue weighted by Gasteiger charge is -2.58. The molecule has 37 heavy (non-hydrogen) atoms. The van der Waals surface area contributed by atoms with Crippen molar-refractivity contribution in [2.45, 2.75) is 51.6 Å². The van der Waals surface area contributed by atoms with Crippen molar-refractivity contribution in [2.75, 3.05) is 25.5 Å². The zero-order valence-corrected chi connectivity index (χ0v) is 21.9. The molecule has 0 spiro atoms. The topological polar surface area (TPSA) is 103 Å². The standard InChI is InChI=1S/C27H31F2N3O4S/c1-5-11-32(4)21(35)12-15-23-18(13-19-26(15,2)10-9-20(34)27(19,3)14-33)37-25(30-23)31-24(36)22-16(28)7-6-8-17(22)29/h1,6-8,15,19-20,33-34H,9-14H2,2-4H3,(H,30,31,36). The summed E-state index contributed by atoms with van der Waals surface area (Å²) in [6.07, 6.45) is 6.34. The molecule has 1 fully saturated rings. The highest BCUT2D eigenvalue weighted by Gasteiger charge is 2.59. The minimum absolute atomic E-state index is 0.106. The molecular weight excluding hydrogens is 500 g/mol. The summed E-state index contributed by atoms with van der Waals surface area (Å²) in [6, 6.07) is 3.19. The zero-order chi connectivity index (χ0) is 27.1. The number of amides is 2. The van der Waals surface area contributed by atoms with Crippen molar-refractivity contribution < 1.29 is 28.6 Å². The van der Waals surface area contributed by atoms with Crippen LogP contribution in [0, 0.1) is 40.7 Å². The molecule has 1 aromatic heterocycles. The van der Waals surface area contributed by atoms with Gasteiger partial charge in [0.2, 0.25) is 5.91 Å². The molecule has 0 radical (unpaired) electrons. The molecule has 0 bridgehead atoms. The highest BCUT2D eigenvalue weighted by Crippen LogP contribution is 2.62. The van der Waals surface area contributed by atoms with Gasteiger partial charge >= 0.3 is 0 Å². The Hall–Kier alpha value is -2.87. The van der Waals surface area contributed by atoms with Crippen LogP contribution in [0.4, 0.5) is 13.9 Å². The lowest BCUT2D eigenvalue weighted by atomic mass is 9.47. The van der Waals surface area contributed by atoms with E-state index >= 15 is 0 Å². The van der Waals surface area contributed by atoms with Crippen LogP contribution >= 0.6 is 11.3 Å². The van der Waals surface area contributed by atoms with Crippen LogP contribution in [-0.2, 0) is 11.2 Å². The number of aliphatic hydroxyl groups is 2. The molecule has 1 aromatic carbocycles. The van der Waals surface area contributed by atoms with E-state index in [9.17, 15) is 28.6 Å². The average molecular weight is 532 g/mol. The summed E-state index contributed by atoms with van der Waals surface area (Å²) >= 11 is 1.18. The fourth-order valence-electron chi connectivity index (χ4n) is 6.13. The van der Waals surface area contributed by atoms with E-state index in [0.717, 1.165) is 17.0 Å². The molecule has 2 aromatic rings. The number of nitrogens with one attached hydrogen (secondary N) is 1. The number of benzene rings is 1. The molecule has 5 atom stereocenters. The Labute approximate surface area is 218 Å². The molecule has 2 aliphatic carbocycles. The van der Waals surface area contributed by atoms with Gasteiger partial charge in [-0.05, 0) is 42.7 Å². The molecule has 2 amide bonds. The lowest BCUT2D eigenvalue weighted by molar-refractivity contribution is -0.146. The van der Waals surface area contributed by atoms with Gasteiger partial charge in [0.1, 0.15) is 17.2 Å². The van der Waals surface area contributed by atoms with Gasteiger partial charge in [0.15, 0.2) is 5.13 Å². The van der Waals surface area contributed by atoms with Crippen molar-refractivity contribution in [1.29, 1.82) is 0 Å². The van der Waals surface area contributed by atoms with Crippen LogP contribution in [-0.4, -0.2) is 58.2 Å². The Morgan fingerprint density at radius 1 is 1.32 bits per heavy atom. The van der Waals surface area contributed by atoms with Gasteiger partial charge in [-0.2, -0.15) is 0 Å². The zero-order valence-electron chi connectivity index (χ0n) is 21.1. The third kappa shape index (κ3) is 4.65. The van der Waals surface area contributed by atoms with Crippen molar-refractivity contribution in [3.05, 3.63) is 46.0 Å². The van der Waals surface area contributed by atoms with E-state index in [1.54, 1.807) is 7.05 Å². The minimum Gasteiger partial charge on any atom is -0.396 e. The summed E-state index contributed by atoms with van der Waals surface area (Å²) in [5.41, 5.74) is -1.34. The van der Waals surface area contributed by atoms with E-state index in [0.29, 0.717) is 25.0 Å². The first kappa shape index (κ1) is 27.2. The predicted molar refractivity (Wildman–Crippen MR) is 136 cm³/mol. The second-order valence-electron chi connectivity index (χ2n) is 10.6. The Morgan fingerprint density at radius 3 is 2.62 bits per heavy atom. The molecule has 1 heterocycles. The molecule has 1 saturated carbocycles. The number of carbonyl (C=O) groups is 2. The van der Waals surface area contributed by atoms with Crippen LogP contribution in [0.5, 0.6) is 0 Å². The third-order valence-corrected chi connectivity index (χ3v) is 9.45. The van der Waals surface area contributed by atoms with Crippen molar-refractivity contribution in [3.8, 4) is 12.3 Å². The molecule has 2 aliphatic rings. The van der Waals surface area contributed by atoms with Crippen LogP contribution < -0.4 is 5.32 Å². The molecule has 0 aliphatic heterocycles. The minimum atomic E-state index is -0.981. The molecule has 0 saturated heterocycles. The van der Waals surface area contributed by atoms with Gasteiger partial charge in [0, 0.05) is 29.7 Å². The van der Waals surface area contributed by atoms with E-state index in [1.807, 2.05) is 6.92 Å². The number of anilines is 1. The van der Waals surface area contributed by atoms with E-state index in [4.69, 9.17) is 6.42 Å². The Morgan fingerprint density at radius 2 is 2.00 bits per heavy atom. The molecule has 10 heteroatoms. The molecular formula is C27H31F2N3O4S. The largest absolute Gasteiger partial charge is 0.396 e. The maximum atomic E-state index is 14.2. The number of aliphatic hydroxyl groups excluding tert-OH is 2. The quantitative estimate of drug-likeness (QED) is 0.495. The van der Waals surface area contributed by atoms with Gasteiger partial charge in [0.25, 0.3) is 5.91 Å². The first-order valence-corrected chi connectivity index (χ1v) is 13.0. The van der Waals surface area contributed by atoms with E-state index < -0.39 is 40.0 Å². The molecule has 198 valence electrons. The van der Waals surface area contributed by atoms with Crippen LogP contribution in [0.25, 0.3) is 0 Å². The number of nitrogens with zero attached hydrogens (tertiary/aromatic N) is 2. The number of terminal acetylenes is 1. The monoisotopic (exact) mass is 531 g/mol. The fraction of sp³-hybridized carbons (Fsp3) is 0.519. The first-order valence-electron chi connectivity index (χ1n) is 12.2. The maximum Gasteiger partial charge on any atom is 0.263 e. The summed E-state index contributed by atoms with van der Waals surface area (Å²) < 4.78 is 28.3. The van der Waals surface area contributed by atoms with Crippen molar-refractivity contribution in [2.24, 2.45) is 16.7 Å². The van der Waals surface area contributed by atoms with Crippen LogP contribution in [0.3, 0.4) is 0 Å². The molecule has 3 N–H and O–H groups in total.